The highest BCUT2D eigenvalue weighted by Gasteiger charge is 2.28. The van der Waals surface area contributed by atoms with E-state index in [9.17, 15) is 0 Å². The molecule has 0 amide bonds. The quantitative estimate of drug-likeness (QED) is 0.638. The number of nitrogens with one attached hydrogen (secondary N) is 2. The number of aryl methyl sites for hydroxylation is 1. The van der Waals surface area contributed by atoms with Crippen LogP contribution in [0.4, 0.5) is 11.5 Å². The zero-order chi connectivity index (χ0) is 16.5. The van der Waals surface area contributed by atoms with Gasteiger partial charge >= 0.3 is 0 Å². The molecule has 0 saturated heterocycles. The predicted octanol–water partition coefficient (Wildman–Crippen LogP) is 2.86. The van der Waals surface area contributed by atoms with Crippen LogP contribution in [0.3, 0.4) is 0 Å². The molecule has 3 aromatic rings. The Kier molecular flexibility index (Phi) is 4.07. The minimum Gasteiger partial charge on any atom is -0.385 e. The molecular formula is C15H18ClN7O. The van der Waals surface area contributed by atoms with Gasteiger partial charge in [-0.3, -0.25) is 9.78 Å². The molecule has 24 heavy (non-hydrogen) atoms. The summed E-state index contributed by atoms with van der Waals surface area (Å²) < 4.78 is 6.80. The van der Waals surface area contributed by atoms with Crippen molar-refractivity contribution in [1.82, 2.24) is 29.9 Å². The third kappa shape index (κ3) is 2.94. The third-order valence-corrected chi connectivity index (χ3v) is 4.41. The highest BCUT2D eigenvalue weighted by atomic mass is 35.5. The van der Waals surface area contributed by atoms with Gasteiger partial charge in [-0.2, -0.15) is 10.2 Å². The molecule has 0 spiro atoms. The molecule has 0 atom stereocenters. The van der Waals surface area contributed by atoms with Gasteiger partial charge in [-0.25, -0.2) is 9.97 Å². The molecule has 1 saturated carbocycles. The number of aromatic amines is 1. The molecule has 1 fully saturated rings. The average Bonchev–Trinajstić information content (AvgIpc) is 3.24. The lowest BCUT2D eigenvalue weighted by Crippen LogP contribution is -2.04. The van der Waals surface area contributed by atoms with Crippen LogP contribution >= 0.6 is 11.6 Å². The Morgan fingerprint density at radius 2 is 2.25 bits per heavy atom. The monoisotopic (exact) mass is 347 g/mol. The van der Waals surface area contributed by atoms with Crippen LogP contribution in [-0.2, 0) is 11.3 Å². The SMILES string of the molecule is COCCCn1ncc(Nc2nc(C3CC3)nc3cn[nH]c23)c1Cl. The van der Waals surface area contributed by atoms with Gasteiger partial charge in [-0.1, -0.05) is 11.6 Å². The maximum atomic E-state index is 6.42. The number of H-pyrrole nitrogens is 1. The summed E-state index contributed by atoms with van der Waals surface area (Å²) in [5.74, 6) is 1.99. The number of methoxy groups -OCH3 is 1. The van der Waals surface area contributed by atoms with Crippen molar-refractivity contribution in [2.45, 2.75) is 31.7 Å². The lowest BCUT2D eigenvalue weighted by Gasteiger charge is -2.08. The summed E-state index contributed by atoms with van der Waals surface area (Å²) in [4.78, 5) is 9.21. The molecule has 3 aromatic heterocycles. The maximum Gasteiger partial charge on any atom is 0.160 e. The molecule has 9 heteroatoms. The molecule has 126 valence electrons. The molecule has 0 radical (unpaired) electrons. The van der Waals surface area contributed by atoms with Gasteiger partial charge in [0.25, 0.3) is 0 Å². The van der Waals surface area contributed by atoms with Crippen molar-refractivity contribution in [2.75, 3.05) is 19.0 Å². The van der Waals surface area contributed by atoms with E-state index in [0.29, 0.717) is 35.7 Å². The minimum absolute atomic E-state index is 0.456. The number of aromatic nitrogens is 6. The van der Waals surface area contributed by atoms with Gasteiger partial charge in [0.15, 0.2) is 11.0 Å². The van der Waals surface area contributed by atoms with E-state index in [2.05, 4.69) is 30.6 Å². The standard InChI is InChI=1S/C15H18ClN7O/c1-24-6-2-5-23-13(16)11(8-18-23)20-15-12-10(7-17-22-12)19-14(21-15)9-3-4-9/h7-9H,2-6H2,1H3,(H,17,22)(H,19,20,21). The molecule has 1 aliphatic carbocycles. The fraction of sp³-hybridized carbons (Fsp3) is 0.467. The van der Waals surface area contributed by atoms with Crippen molar-refractivity contribution in [3.8, 4) is 0 Å². The fourth-order valence-corrected chi connectivity index (χ4v) is 2.79. The van der Waals surface area contributed by atoms with Crippen LogP contribution in [0.25, 0.3) is 11.0 Å². The van der Waals surface area contributed by atoms with Crippen LogP contribution in [0, 0.1) is 0 Å². The summed E-state index contributed by atoms with van der Waals surface area (Å²) >= 11 is 6.42. The van der Waals surface area contributed by atoms with E-state index >= 15 is 0 Å². The van der Waals surface area contributed by atoms with Gasteiger partial charge in [0.05, 0.1) is 18.1 Å². The number of nitrogens with zero attached hydrogens (tertiary/aromatic N) is 5. The van der Waals surface area contributed by atoms with Gasteiger partial charge in [0.2, 0.25) is 0 Å². The van der Waals surface area contributed by atoms with Gasteiger partial charge in [-0.15, -0.1) is 0 Å². The van der Waals surface area contributed by atoms with Gasteiger partial charge in [0.1, 0.15) is 16.9 Å². The van der Waals surface area contributed by atoms with Gasteiger partial charge in [-0.05, 0) is 19.3 Å². The van der Waals surface area contributed by atoms with Crippen LogP contribution in [-0.4, -0.2) is 43.7 Å². The summed E-state index contributed by atoms with van der Waals surface area (Å²) in [5, 5.41) is 15.1. The van der Waals surface area contributed by atoms with Crippen molar-refractivity contribution >= 4 is 34.1 Å². The van der Waals surface area contributed by atoms with E-state index in [4.69, 9.17) is 16.3 Å². The Labute approximate surface area is 143 Å². The number of halogens is 1. The summed E-state index contributed by atoms with van der Waals surface area (Å²) in [6, 6.07) is 0. The lowest BCUT2D eigenvalue weighted by molar-refractivity contribution is 0.189. The molecule has 3 heterocycles. The first-order valence-corrected chi connectivity index (χ1v) is 8.32. The topological polar surface area (TPSA) is 93.5 Å². The van der Waals surface area contributed by atoms with Gasteiger partial charge < -0.3 is 10.1 Å². The number of hydrogen-bond donors (Lipinski definition) is 2. The van der Waals surface area contributed by atoms with Crippen molar-refractivity contribution < 1.29 is 4.74 Å². The number of anilines is 2. The van der Waals surface area contributed by atoms with Crippen molar-refractivity contribution in [3.05, 3.63) is 23.4 Å². The number of rotatable bonds is 7. The summed E-state index contributed by atoms with van der Waals surface area (Å²) in [7, 11) is 1.68. The largest absolute Gasteiger partial charge is 0.385 e. The lowest BCUT2D eigenvalue weighted by atomic mass is 10.3. The molecule has 0 unspecified atom stereocenters. The van der Waals surface area contributed by atoms with Gasteiger partial charge in [0, 0.05) is 26.2 Å². The molecular weight excluding hydrogens is 330 g/mol. The predicted molar refractivity (Wildman–Crippen MR) is 90.7 cm³/mol. The smallest absolute Gasteiger partial charge is 0.160 e. The zero-order valence-corrected chi connectivity index (χ0v) is 14.0. The molecule has 0 bridgehead atoms. The van der Waals surface area contributed by atoms with Crippen LogP contribution in [0.5, 0.6) is 0 Å². The van der Waals surface area contributed by atoms with Crippen molar-refractivity contribution in [2.24, 2.45) is 0 Å². The number of hydrogen-bond acceptors (Lipinski definition) is 6. The Hall–Kier alpha value is -2.19. The zero-order valence-electron chi connectivity index (χ0n) is 13.3. The molecule has 4 rings (SSSR count). The first kappa shape index (κ1) is 15.3. The summed E-state index contributed by atoms with van der Waals surface area (Å²) in [5.41, 5.74) is 2.28. The highest BCUT2D eigenvalue weighted by Crippen LogP contribution is 2.39. The van der Waals surface area contributed by atoms with E-state index in [0.717, 1.165) is 36.1 Å². The van der Waals surface area contributed by atoms with Crippen LogP contribution < -0.4 is 5.32 Å². The molecule has 2 N–H and O–H groups in total. The first-order valence-electron chi connectivity index (χ1n) is 7.94. The Bertz CT molecular complexity index is 855. The Morgan fingerprint density at radius 1 is 1.38 bits per heavy atom. The first-order chi connectivity index (χ1) is 11.8. The fourth-order valence-electron chi connectivity index (χ4n) is 2.57. The second kappa shape index (κ2) is 6.37. The maximum absolute atomic E-state index is 6.42. The molecule has 8 nitrogen and oxygen atoms in total. The molecule has 1 aliphatic rings. The number of fused-ring (bicyclic) bond motifs is 1. The van der Waals surface area contributed by atoms with E-state index in [1.807, 2.05) is 0 Å². The van der Waals surface area contributed by atoms with E-state index in [-0.39, 0.29) is 0 Å². The van der Waals surface area contributed by atoms with Crippen molar-refractivity contribution in [3.63, 3.8) is 0 Å². The van der Waals surface area contributed by atoms with E-state index in [1.54, 1.807) is 24.2 Å². The normalized spacial score (nSPS) is 14.4. The molecule has 0 aliphatic heterocycles. The summed E-state index contributed by atoms with van der Waals surface area (Å²) in [6.45, 7) is 1.37. The summed E-state index contributed by atoms with van der Waals surface area (Å²) in [6.07, 6.45) is 6.55. The third-order valence-electron chi connectivity index (χ3n) is 4.01. The van der Waals surface area contributed by atoms with E-state index in [1.165, 1.54) is 0 Å². The Morgan fingerprint density at radius 3 is 3.04 bits per heavy atom. The second-order valence-electron chi connectivity index (χ2n) is 5.88. The van der Waals surface area contributed by atoms with E-state index < -0.39 is 0 Å². The highest BCUT2D eigenvalue weighted by molar-refractivity contribution is 6.32. The second-order valence-corrected chi connectivity index (χ2v) is 6.24. The van der Waals surface area contributed by atoms with Crippen LogP contribution in [0.15, 0.2) is 12.4 Å². The van der Waals surface area contributed by atoms with Crippen molar-refractivity contribution in [1.29, 1.82) is 0 Å². The van der Waals surface area contributed by atoms with Crippen LogP contribution in [0.1, 0.15) is 31.0 Å². The van der Waals surface area contributed by atoms with Crippen LogP contribution in [0.2, 0.25) is 5.15 Å². The average molecular weight is 348 g/mol. The number of ether oxygens (including phenoxy) is 1. The minimum atomic E-state index is 0.456. The molecule has 0 aromatic carbocycles. The Balaban J connectivity index is 1.61.